The molecule has 0 saturated carbocycles. The van der Waals surface area contributed by atoms with Crippen LogP contribution in [0.25, 0.3) is 0 Å². The molecule has 1 aromatic carbocycles. The van der Waals surface area contributed by atoms with Gasteiger partial charge < -0.3 is 4.90 Å². The van der Waals surface area contributed by atoms with Gasteiger partial charge in [-0.2, -0.15) is 5.26 Å². The van der Waals surface area contributed by atoms with Crippen LogP contribution in [-0.2, 0) is 4.79 Å². The van der Waals surface area contributed by atoms with Crippen molar-refractivity contribution in [3.8, 4) is 6.07 Å². The number of rotatable bonds is 4. The molecule has 0 aliphatic heterocycles. The molecular weight excluding hydrogens is 212 g/mol. The normalized spacial score (nSPS) is 11.6. The van der Waals surface area contributed by atoms with Crippen molar-refractivity contribution < 1.29 is 4.79 Å². The first-order valence-electron chi connectivity index (χ1n) is 5.87. The maximum atomic E-state index is 12.1. The fourth-order valence-corrected chi connectivity index (χ4v) is 1.80. The monoisotopic (exact) mass is 230 g/mol. The summed E-state index contributed by atoms with van der Waals surface area (Å²) in [5.74, 6) is 0.123. The quantitative estimate of drug-likeness (QED) is 0.798. The van der Waals surface area contributed by atoms with E-state index in [4.69, 9.17) is 5.26 Å². The Kier molecular flexibility index (Phi) is 4.71. The summed E-state index contributed by atoms with van der Waals surface area (Å²) in [6.45, 7) is 4.01. The Labute approximate surface area is 103 Å². The minimum atomic E-state index is 0.0238. The van der Waals surface area contributed by atoms with Crippen molar-refractivity contribution in [1.29, 1.82) is 5.26 Å². The SMILES string of the molecule is CCCC(C)C(=O)N(C)c1cccc(C#N)c1. The minimum absolute atomic E-state index is 0.0238. The van der Waals surface area contributed by atoms with E-state index in [0.29, 0.717) is 5.56 Å². The van der Waals surface area contributed by atoms with Gasteiger partial charge in [0.1, 0.15) is 0 Å². The van der Waals surface area contributed by atoms with Crippen molar-refractivity contribution in [3.63, 3.8) is 0 Å². The van der Waals surface area contributed by atoms with E-state index in [1.54, 1.807) is 30.1 Å². The van der Waals surface area contributed by atoms with Gasteiger partial charge in [0.2, 0.25) is 5.91 Å². The zero-order chi connectivity index (χ0) is 12.8. The Hall–Kier alpha value is -1.82. The van der Waals surface area contributed by atoms with E-state index in [0.717, 1.165) is 18.5 Å². The summed E-state index contributed by atoms with van der Waals surface area (Å²) in [5, 5.41) is 8.82. The van der Waals surface area contributed by atoms with Crippen molar-refractivity contribution >= 4 is 11.6 Å². The van der Waals surface area contributed by atoms with E-state index in [1.165, 1.54) is 0 Å². The third-order valence-electron chi connectivity index (χ3n) is 2.84. The van der Waals surface area contributed by atoms with Gasteiger partial charge in [0.25, 0.3) is 0 Å². The van der Waals surface area contributed by atoms with Crippen LogP contribution in [0.3, 0.4) is 0 Å². The molecule has 0 saturated heterocycles. The molecule has 1 amide bonds. The Morgan fingerprint density at radius 1 is 1.53 bits per heavy atom. The molecule has 1 unspecified atom stereocenters. The lowest BCUT2D eigenvalue weighted by Crippen LogP contribution is -2.31. The lowest BCUT2D eigenvalue weighted by molar-refractivity contribution is -0.121. The first-order chi connectivity index (χ1) is 8.10. The van der Waals surface area contributed by atoms with Gasteiger partial charge in [-0.3, -0.25) is 4.79 Å². The molecular formula is C14H18N2O. The van der Waals surface area contributed by atoms with E-state index in [1.807, 2.05) is 13.0 Å². The third kappa shape index (κ3) is 3.32. The van der Waals surface area contributed by atoms with Gasteiger partial charge in [0.05, 0.1) is 11.6 Å². The average Bonchev–Trinajstić information content (AvgIpc) is 2.37. The van der Waals surface area contributed by atoms with Gasteiger partial charge in [-0.25, -0.2) is 0 Å². The number of anilines is 1. The number of hydrogen-bond donors (Lipinski definition) is 0. The number of nitrogens with zero attached hydrogens (tertiary/aromatic N) is 2. The zero-order valence-electron chi connectivity index (χ0n) is 10.6. The summed E-state index contributed by atoms with van der Waals surface area (Å²) in [6.07, 6.45) is 1.89. The predicted molar refractivity (Wildman–Crippen MR) is 68.6 cm³/mol. The number of hydrogen-bond acceptors (Lipinski definition) is 2. The number of amides is 1. The standard InChI is InChI=1S/C14H18N2O/c1-4-6-11(2)14(17)16(3)13-8-5-7-12(9-13)10-15/h5,7-9,11H,4,6H2,1-3H3. The van der Waals surface area contributed by atoms with Crippen molar-refractivity contribution in [2.45, 2.75) is 26.7 Å². The van der Waals surface area contributed by atoms with Crippen molar-refractivity contribution in [2.75, 3.05) is 11.9 Å². The number of carbonyl (C=O) groups is 1. The van der Waals surface area contributed by atoms with Crippen LogP contribution in [0.5, 0.6) is 0 Å². The van der Waals surface area contributed by atoms with Crippen LogP contribution in [0.2, 0.25) is 0 Å². The summed E-state index contributed by atoms with van der Waals surface area (Å²) < 4.78 is 0. The predicted octanol–water partition coefficient (Wildman–Crippen LogP) is 2.96. The molecule has 0 bridgehead atoms. The van der Waals surface area contributed by atoms with E-state index >= 15 is 0 Å². The van der Waals surface area contributed by atoms with Crippen molar-refractivity contribution in [3.05, 3.63) is 29.8 Å². The summed E-state index contributed by atoms with van der Waals surface area (Å²) in [6, 6.07) is 9.18. The van der Waals surface area contributed by atoms with Gasteiger partial charge in [-0.15, -0.1) is 0 Å². The molecule has 0 aliphatic rings. The second-order valence-corrected chi connectivity index (χ2v) is 4.25. The summed E-state index contributed by atoms with van der Waals surface area (Å²) in [7, 11) is 1.75. The minimum Gasteiger partial charge on any atom is -0.315 e. The Morgan fingerprint density at radius 2 is 2.24 bits per heavy atom. The van der Waals surface area contributed by atoms with Crippen LogP contribution < -0.4 is 4.90 Å². The molecule has 1 aromatic rings. The van der Waals surface area contributed by atoms with Crippen LogP contribution in [-0.4, -0.2) is 13.0 Å². The highest BCUT2D eigenvalue weighted by molar-refractivity contribution is 5.94. The topological polar surface area (TPSA) is 44.1 Å². The second kappa shape index (κ2) is 6.05. The maximum absolute atomic E-state index is 12.1. The maximum Gasteiger partial charge on any atom is 0.229 e. The van der Waals surface area contributed by atoms with Crippen LogP contribution >= 0.6 is 0 Å². The van der Waals surface area contributed by atoms with Crippen LogP contribution in [0.4, 0.5) is 5.69 Å². The molecule has 17 heavy (non-hydrogen) atoms. The van der Waals surface area contributed by atoms with Gasteiger partial charge in [0, 0.05) is 18.7 Å². The molecule has 1 atom stereocenters. The smallest absolute Gasteiger partial charge is 0.229 e. The zero-order valence-corrected chi connectivity index (χ0v) is 10.6. The summed E-state index contributed by atoms with van der Waals surface area (Å²) in [4.78, 5) is 13.7. The number of benzene rings is 1. The van der Waals surface area contributed by atoms with E-state index in [9.17, 15) is 4.79 Å². The van der Waals surface area contributed by atoms with Gasteiger partial charge in [0.15, 0.2) is 0 Å². The Bertz CT molecular complexity index is 434. The Balaban J connectivity index is 2.85. The first-order valence-corrected chi connectivity index (χ1v) is 5.87. The molecule has 1 rings (SSSR count). The average molecular weight is 230 g/mol. The number of carbonyl (C=O) groups excluding carboxylic acids is 1. The summed E-state index contributed by atoms with van der Waals surface area (Å²) in [5.41, 5.74) is 1.35. The molecule has 0 spiro atoms. The van der Waals surface area contributed by atoms with E-state index in [2.05, 4.69) is 13.0 Å². The summed E-state index contributed by atoms with van der Waals surface area (Å²) >= 11 is 0. The lowest BCUT2D eigenvalue weighted by Gasteiger charge is -2.21. The molecule has 90 valence electrons. The molecule has 0 aliphatic carbocycles. The highest BCUT2D eigenvalue weighted by Crippen LogP contribution is 2.18. The molecule has 0 heterocycles. The Morgan fingerprint density at radius 3 is 2.82 bits per heavy atom. The molecule has 3 heteroatoms. The molecule has 3 nitrogen and oxygen atoms in total. The highest BCUT2D eigenvalue weighted by Gasteiger charge is 2.17. The third-order valence-corrected chi connectivity index (χ3v) is 2.84. The number of nitriles is 1. The molecule has 0 N–H and O–H groups in total. The lowest BCUT2D eigenvalue weighted by atomic mass is 10.0. The largest absolute Gasteiger partial charge is 0.315 e. The first kappa shape index (κ1) is 13.2. The van der Waals surface area contributed by atoms with Gasteiger partial charge in [-0.05, 0) is 24.6 Å². The fourth-order valence-electron chi connectivity index (χ4n) is 1.80. The van der Waals surface area contributed by atoms with Crippen molar-refractivity contribution in [2.24, 2.45) is 5.92 Å². The van der Waals surface area contributed by atoms with E-state index in [-0.39, 0.29) is 11.8 Å². The van der Waals surface area contributed by atoms with Crippen LogP contribution in [0, 0.1) is 17.2 Å². The molecule has 0 radical (unpaired) electrons. The van der Waals surface area contributed by atoms with Crippen LogP contribution in [0.15, 0.2) is 24.3 Å². The van der Waals surface area contributed by atoms with Crippen LogP contribution in [0.1, 0.15) is 32.3 Å². The van der Waals surface area contributed by atoms with Crippen molar-refractivity contribution in [1.82, 2.24) is 0 Å². The second-order valence-electron chi connectivity index (χ2n) is 4.25. The van der Waals surface area contributed by atoms with Gasteiger partial charge in [-0.1, -0.05) is 26.3 Å². The molecule has 0 fully saturated rings. The van der Waals surface area contributed by atoms with E-state index < -0.39 is 0 Å². The molecule has 0 aromatic heterocycles. The highest BCUT2D eigenvalue weighted by atomic mass is 16.2. The van der Waals surface area contributed by atoms with Gasteiger partial charge >= 0.3 is 0 Å². The fraction of sp³-hybridized carbons (Fsp3) is 0.429.